The zero-order chi connectivity index (χ0) is 13.1. The highest BCUT2D eigenvalue weighted by Crippen LogP contribution is 2.24. The third kappa shape index (κ3) is 2.56. The van der Waals surface area contributed by atoms with Gasteiger partial charge in [-0.05, 0) is 31.5 Å². The van der Waals surface area contributed by atoms with Gasteiger partial charge in [-0.25, -0.2) is 0 Å². The molecule has 1 saturated heterocycles. The second-order valence-corrected chi connectivity index (χ2v) is 4.63. The van der Waals surface area contributed by atoms with E-state index < -0.39 is 0 Å². The Hall–Kier alpha value is -1.75. The summed E-state index contributed by atoms with van der Waals surface area (Å²) in [5.74, 6) is 0.143. The highest BCUT2D eigenvalue weighted by atomic mass is 16.5. The number of nitrogens with zero attached hydrogens (tertiary/aromatic N) is 2. The van der Waals surface area contributed by atoms with E-state index >= 15 is 0 Å². The van der Waals surface area contributed by atoms with Gasteiger partial charge in [0.2, 0.25) is 0 Å². The van der Waals surface area contributed by atoms with Gasteiger partial charge in [0.05, 0.1) is 12.7 Å². The predicted octanol–water partition coefficient (Wildman–Crippen LogP) is 1.31. The van der Waals surface area contributed by atoms with Crippen molar-refractivity contribution in [3.05, 3.63) is 29.3 Å². The van der Waals surface area contributed by atoms with Crippen LogP contribution < -0.4 is 10.6 Å². The van der Waals surface area contributed by atoms with E-state index in [0.29, 0.717) is 6.61 Å². The van der Waals surface area contributed by atoms with E-state index in [2.05, 4.69) is 16.1 Å². The summed E-state index contributed by atoms with van der Waals surface area (Å²) in [6, 6.07) is 5.91. The first-order valence-corrected chi connectivity index (χ1v) is 6.07. The minimum Gasteiger partial charge on any atom is -0.409 e. The van der Waals surface area contributed by atoms with Crippen molar-refractivity contribution < 1.29 is 9.94 Å². The van der Waals surface area contributed by atoms with Crippen LogP contribution in [0.3, 0.4) is 0 Å². The number of amidine groups is 1. The Morgan fingerprint density at radius 1 is 1.56 bits per heavy atom. The first-order chi connectivity index (χ1) is 8.61. The molecule has 1 atom stereocenters. The highest BCUT2D eigenvalue weighted by Gasteiger charge is 2.20. The van der Waals surface area contributed by atoms with Gasteiger partial charge in [0, 0.05) is 24.3 Å². The number of aryl methyl sites for hydroxylation is 1. The van der Waals surface area contributed by atoms with Gasteiger partial charge in [0.25, 0.3) is 0 Å². The Bertz CT molecular complexity index is 460. The summed E-state index contributed by atoms with van der Waals surface area (Å²) < 4.78 is 5.53. The van der Waals surface area contributed by atoms with Gasteiger partial charge in [-0.1, -0.05) is 11.2 Å². The molecule has 5 heteroatoms. The van der Waals surface area contributed by atoms with Crippen molar-refractivity contribution in [2.45, 2.75) is 20.0 Å². The highest BCUT2D eigenvalue weighted by molar-refractivity contribution is 6.02. The lowest BCUT2D eigenvalue weighted by Crippen LogP contribution is -2.42. The number of anilines is 1. The lowest BCUT2D eigenvalue weighted by Gasteiger charge is -2.34. The van der Waals surface area contributed by atoms with Gasteiger partial charge in [0.15, 0.2) is 5.84 Å². The van der Waals surface area contributed by atoms with E-state index in [-0.39, 0.29) is 11.9 Å². The average Bonchev–Trinajstić information content (AvgIpc) is 2.38. The number of morpholine rings is 1. The first kappa shape index (κ1) is 12.7. The van der Waals surface area contributed by atoms with Crippen molar-refractivity contribution in [1.82, 2.24) is 0 Å². The molecule has 0 radical (unpaired) electrons. The average molecular weight is 249 g/mol. The molecule has 0 amide bonds. The number of ether oxygens (including phenoxy) is 1. The van der Waals surface area contributed by atoms with Crippen LogP contribution in [0.25, 0.3) is 0 Å². The standard InChI is InChI=1S/C13H19N3O2/c1-9-3-4-11(13(14)15-17)12(7-9)16-5-6-18-10(2)8-16/h3-4,7,10,17H,5-6,8H2,1-2H3,(H2,14,15). The molecule has 1 fully saturated rings. The first-order valence-electron chi connectivity index (χ1n) is 6.07. The van der Waals surface area contributed by atoms with Gasteiger partial charge in [-0.15, -0.1) is 0 Å². The molecule has 3 N–H and O–H groups in total. The van der Waals surface area contributed by atoms with E-state index in [1.54, 1.807) is 0 Å². The predicted molar refractivity (Wildman–Crippen MR) is 71.3 cm³/mol. The molecule has 0 saturated carbocycles. The largest absolute Gasteiger partial charge is 0.409 e. The number of hydrogen-bond donors (Lipinski definition) is 2. The molecule has 0 aliphatic carbocycles. The SMILES string of the molecule is Cc1ccc(/C(N)=N/O)c(N2CCOC(C)C2)c1. The number of oxime groups is 1. The number of hydrogen-bond acceptors (Lipinski definition) is 4. The molecule has 1 unspecified atom stereocenters. The molecule has 1 aliphatic rings. The Balaban J connectivity index is 2.38. The molecule has 98 valence electrons. The van der Waals surface area contributed by atoms with Crippen molar-refractivity contribution in [1.29, 1.82) is 0 Å². The summed E-state index contributed by atoms with van der Waals surface area (Å²) in [6.07, 6.45) is 0.194. The van der Waals surface area contributed by atoms with E-state index in [9.17, 15) is 0 Å². The molecule has 2 rings (SSSR count). The Kier molecular flexibility index (Phi) is 3.72. The topological polar surface area (TPSA) is 71.1 Å². The van der Waals surface area contributed by atoms with Gasteiger partial charge in [-0.2, -0.15) is 0 Å². The summed E-state index contributed by atoms with van der Waals surface area (Å²) in [5, 5.41) is 12.0. The van der Waals surface area contributed by atoms with Crippen LogP contribution in [0, 0.1) is 6.92 Å². The zero-order valence-electron chi connectivity index (χ0n) is 10.8. The summed E-state index contributed by atoms with van der Waals surface area (Å²) in [6.45, 7) is 6.41. The minimum absolute atomic E-state index is 0.143. The summed E-state index contributed by atoms with van der Waals surface area (Å²) in [5.41, 5.74) is 8.64. The van der Waals surface area contributed by atoms with Crippen molar-refractivity contribution in [2.24, 2.45) is 10.9 Å². The van der Waals surface area contributed by atoms with Crippen molar-refractivity contribution in [3.63, 3.8) is 0 Å². The van der Waals surface area contributed by atoms with Crippen molar-refractivity contribution >= 4 is 11.5 Å². The molecule has 1 aliphatic heterocycles. The van der Waals surface area contributed by atoms with Crippen LogP contribution in [0.15, 0.2) is 23.4 Å². The summed E-state index contributed by atoms with van der Waals surface area (Å²) in [7, 11) is 0. The number of benzene rings is 1. The fraction of sp³-hybridized carbons (Fsp3) is 0.462. The van der Waals surface area contributed by atoms with E-state index in [1.807, 2.05) is 26.0 Å². The quantitative estimate of drug-likeness (QED) is 0.359. The van der Waals surface area contributed by atoms with Crippen LogP contribution in [0.4, 0.5) is 5.69 Å². The summed E-state index contributed by atoms with van der Waals surface area (Å²) in [4.78, 5) is 2.22. The van der Waals surface area contributed by atoms with Crippen molar-refractivity contribution in [3.8, 4) is 0 Å². The monoisotopic (exact) mass is 249 g/mol. The second kappa shape index (κ2) is 5.27. The van der Waals surface area contributed by atoms with Gasteiger partial charge in [-0.3, -0.25) is 0 Å². The van der Waals surface area contributed by atoms with Crippen LogP contribution >= 0.6 is 0 Å². The molecule has 1 aromatic carbocycles. The fourth-order valence-corrected chi connectivity index (χ4v) is 2.21. The van der Waals surface area contributed by atoms with Gasteiger partial charge < -0.3 is 20.6 Å². The number of nitrogens with two attached hydrogens (primary N) is 1. The maximum absolute atomic E-state index is 8.85. The fourth-order valence-electron chi connectivity index (χ4n) is 2.21. The Morgan fingerprint density at radius 2 is 2.33 bits per heavy atom. The molecular weight excluding hydrogens is 230 g/mol. The van der Waals surface area contributed by atoms with Crippen LogP contribution in [0.2, 0.25) is 0 Å². The van der Waals surface area contributed by atoms with Gasteiger partial charge >= 0.3 is 0 Å². The molecule has 5 nitrogen and oxygen atoms in total. The number of rotatable bonds is 2. The van der Waals surface area contributed by atoms with Crippen LogP contribution in [0.1, 0.15) is 18.1 Å². The third-order valence-corrected chi connectivity index (χ3v) is 3.12. The second-order valence-electron chi connectivity index (χ2n) is 4.63. The van der Waals surface area contributed by atoms with Gasteiger partial charge in [0.1, 0.15) is 0 Å². The van der Waals surface area contributed by atoms with E-state index in [4.69, 9.17) is 15.7 Å². The zero-order valence-corrected chi connectivity index (χ0v) is 10.8. The maximum atomic E-state index is 8.85. The smallest absolute Gasteiger partial charge is 0.172 e. The lowest BCUT2D eigenvalue weighted by molar-refractivity contribution is 0.0532. The molecule has 0 aromatic heterocycles. The minimum atomic E-state index is 0.143. The molecular formula is C13H19N3O2. The van der Waals surface area contributed by atoms with E-state index in [1.165, 1.54) is 0 Å². The molecule has 18 heavy (non-hydrogen) atoms. The molecule has 0 bridgehead atoms. The third-order valence-electron chi connectivity index (χ3n) is 3.12. The normalized spacial score (nSPS) is 21.1. The van der Waals surface area contributed by atoms with Crippen LogP contribution in [0.5, 0.6) is 0 Å². The molecule has 1 heterocycles. The maximum Gasteiger partial charge on any atom is 0.172 e. The van der Waals surface area contributed by atoms with Crippen LogP contribution in [-0.2, 0) is 4.74 Å². The van der Waals surface area contributed by atoms with Crippen LogP contribution in [-0.4, -0.2) is 36.8 Å². The lowest BCUT2D eigenvalue weighted by atomic mass is 10.1. The Morgan fingerprint density at radius 3 is 3.00 bits per heavy atom. The molecule has 1 aromatic rings. The Labute approximate surface area is 107 Å². The molecule has 0 spiro atoms. The summed E-state index contributed by atoms with van der Waals surface area (Å²) >= 11 is 0. The van der Waals surface area contributed by atoms with E-state index in [0.717, 1.165) is 29.9 Å². The van der Waals surface area contributed by atoms with Crippen molar-refractivity contribution in [2.75, 3.05) is 24.6 Å².